The zero-order chi connectivity index (χ0) is 14.2. The average molecular weight is 283 g/mol. The van der Waals surface area contributed by atoms with Crippen LogP contribution in [-0.2, 0) is 14.3 Å². The molecule has 0 bridgehead atoms. The SMILES string of the molecule is CC1C(C(=O)O)CCN1C1CCOC2(CCOCC2)C1. The lowest BCUT2D eigenvalue weighted by Crippen LogP contribution is -2.52. The molecule has 3 heterocycles. The molecule has 3 aliphatic rings. The number of carboxylic acid groups (broad SMARTS) is 1. The minimum Gasteiger partial charge on any atom is -0.481 e. The Bertz CT molecular complexity index is 361. The molecule has 3 saturated heterocycles. The topological polar surface area (TPSA) is 59.0 Å². The van der Waals surface area contributed by atoms with E-state index in [9.17, 15) is 9.90 Å². The van der Waals surface area contributed by atoms with E-state index in [1.165, 1.54) is 0 Å². The molecule has 5 nitrogen and oxygen atoms in total. The van der Waals surface area contributed by atoms with Crippen LogP contribution < -0.4 is 0 Å². The standard InChI is InChI=1S/C15H25NO4/c1-11-13(14(17)18)2-6-16(11)12-3-7-20-15(10-12)4-8-19-9-5-15/h11-13H,2-10H2,1H3,(H,17,18). The number of carboxylic acids is 1. The highest BCUT2D eigenvalue weighted by molar-refractivity contribution is 5.71. The van der Waals surface area contributed by atoms with Crippen molar-refractivity contribution in [1.29, 1.82) is 0 Å². The minimum absolute atomic E-state index is 0.0117. The van der Waals surface area contributed by atoms with Gasteiger partial charge in [0.2, 0.25) is 0 Å². The van der Waals surface area contributed by atoms with E-state index in [1.807, 2.05) is 0 Å². The van der Waals surface area contributed by atoms with Crippen molar-refractivity contribution >= 4 is 5.97 Å². The summed E-state index contributed by atoms with van der Waals surface area (Å²) in [6.07, 6.45) is 4.80. The lowest BCUT2D eigenvalue weighted by atomic mass is 9.83. The van der Waals surface area contributed by atoms with E-state index in [-0.39, 0.29) is 17.6 Å². The Hall–Kier alpha value is -0.650. The predicted octanol–water partition coefficient (Wildman–Crippen LogP) is 1.51. The first-order chi connectivity index (χ1) is 9.61. The van der Waals surface area contributed by atoms with Crippen molar-refractivity contribution in [2.75, 3.05) is 26.4 Å². The third kappa shape index (κ3) is 2.59. The van der Waals surface area contributed by atoms with Crippen molar-refractivity contribution in [3.05, 3.63) is 0 Å². The van der Waals surface area contributed by atoms with Gasteiger partial charge in [0.15, 0.2) is 0 Å². The fourth-order valence-electron chi connectivity index (χ4n) is 4.19. The van der Waals surface area contributed by atoms with Gasteiger partial charge in [0.05, 0.1) is 11.5 Å². The molecule has 0 aromatic heterocycles. The number of hydrogen-bond donors (Lipinski definition) is 1. The molecule has 3 rings (SSSR count). The van der Waals surface area contributed by atoms with Crippen molar-refractivity contribution < 1.29 is 19.4 Å². The van der Waals surface area contributed by atoms with Crippen LogP contribution in [-0.4, -0.2) is 60.0 Å². The normalized spacial score (nSPS) is 38.1. The number of ether oxygens (including phenoxy) is 2. The van der Waals surface area contributed by atoms with Gasteiger partial charge in [-0.2, -0.15) is 0 Å². The van der Waals surface area contributed by atoms with Crippen LogP contribution in [0.1, 0.15) is 39.0 Å². The highest BCUT2D eigenvalue weighted by Gasteiger charge is 2.45. The maximum atomic E-state index is 11.3. The van der Waals surface area contributed by atoms with Crippen LogP contribution in [0.4, 0.5) is 0 Å². The van der Waals surface area contributed by atoms with Gasteiger partial charge in [-0.1, -0.05) is 0 Å². The van der Waals surface area contributed by atoms with Gasteiger partial charge in [-0.25, -0.2) is 0 Å². The van der Waals surface area contributed by atoms with Crippen molar-refractivity contribution in [3.8, 4) is 0 Å². The van der Waals surface area contributed by atoms with E-state index in [1.54, 1.807) is 0 Å². The second-order valence-electron chi connectivity index (χ2n) is 6.50. The third-order valence-electron chi connectivity index (χ3n) is 5.46. The molecule has 0 radical (unpaired) electrons. The number of aliphatic carboxylic acids is 1. The molecule has 0 aliphatic carbocycles. The van der Waals surface area contributed by atoms with E-state index >= 15 is 0 Å². The highest BCUT2D eigenvalue weighted by Crippen LogP contribution is 2.38. The molecule has 3 unspecified atom stereocenters. The molecule has 3 fully saturated rings. The average Bonchev–Trinajstić information content (AvgIpc) is 2.82. The maximum Gasteiger partial charge on any atom is 0.308 e. The summed E-state index contributed by atoms with van der Waals surface area (Å²) < 4.78 is 11.5. The van der Waals surface area contributed by atoms with Gasteiger partial charge in [0.25, 0.3) is 0 Å². The molecular formula is C15H25NO4. The molecule has 0 amide bonds. The van der Waals surface area contributed by atoms with Crippen LogP contribution in [0.15, 0.2) is 0 Å². The van der Waals surface area contributed by atoms with E-state index in [4.69, 9.17) is 9.47 Å². The molecule has 1 N–H and O–H groups in total. The van der Waals surface area contributed by atoms with Crippen molar-refractivity contribution in [1.82, 2.24) is 4.90 Å². The molecule has 0 aromatic rings. The number of hydrogen-bond acceptors (Lipinski definition) is 4. The largest absolute Gasteiger partial charge is 0.481 e. The summed E-state index contributed by atoms with van der Waals surface area (Å²) in [4.78, 5) is 13.7. The van der Waals surface area contributed by atoms with Gasteiger partial charge in [-0.15, -0.1) is 0 Å². The van der Waals surface area contributed by atoms with Gasteiger partial charge in [0, 0.05) is 31.9 Å². The second kappa shape index (κ2) is 5.62. The third-order valence-corrected chi connectivity index (χ3v) is 5.46. The van der Waals surface area contributed by atoms with Gasteiger partial charge in [0.1, 0.15) is 0 Å². The van der Waals surface area contributed by atoms with Gasteiger partial charge in [-0.3, -0.25) is 9.69 Å². The predicted molar refractivity (Wildman–Crippen MR) is 73.7 cm³/mol. The Morgan fingerprint density at radius 3 is 2.65 bits per heavy atom. The summed E-state index contributed by atoms with van der Waals surface area (Å²) in [5.41, 5.74) is -0.0117. The Balaban J connectivity index is 1.66. The van der Waals surface area contributed by atoms with Crippen LogP contribution in [0, 0.1) is 5.92 Å². The molecule has 0 saturated carbocycles. The number of nitrogens with zero attached hydrogens (tertiary/aromatic N) is 1. The highest BCUT2D eigenvalue weighted by atomic mass is 16.5. The zero-order valence-corrected chi connectivity index (χ0v) is 12.2. The Kier molecular flexibility index (Phi) is 4.02. The van der Waals surface area contributed by atoms with Gasteiger partial charge in [-0.05, 0) is 45.6 Å². The first kappa shape index (κ1) is 14.3. The fraction of sp³-hybridized carbons (Fsp3) is 0.933. The van der Waals surface area contributed by atoms with Crippen LogP contribution in [0.25, 0.3) is 0 Å². The summed E-state index contributed by atoms with van der Waals surface area (Å²) >= 11 is 0. The van der Waals surface area contributed by atoms with Gasteiger partial charge < -0.3 is 14.6 Å². The van der Waals surface area contributed by atoms with Crippen molar-refractivity contribution in [2.45, 2.75) is 56.7 Å². The first-order valence-electron chi connectivity index (χ1n) is 7.82. The summed E-state index contributed by atoms with van der Waals surface area (Å²) in [7, 11) is 0. The Morgan fingerprint density at radius 2 is 2.00 bits per heavy atom. The molecule has 5 heteroatoms. The molecule has 0 aromatic carbocycles. The quantitative estimate of drug-likeness (QED) is 0.832. The number of rotatable bonds is 2. The van der Waals surface area contributed by atoms with E-state index in [2.05, 4.69) is 11.8 Å². The fourth-order valence-corrected chi connectivity index (χ4v) is 4.19. The number of carbonyl (C=O) groups is 1. The maximum absolute atomic E-state index is 11.3. The first-order valence-corrected chi connectivity index (χ1v) is 7.82. The molecule has 20 heavy (non-hydrogen) atoms. The molecule has 1 spiro atoms. The molecule has 3 atom stereocenters. The summed E-state index contributed by atoms with van der Waals surface area (Å²) in [5.74, 6) is -0.851. The Morgan fingerprint density at radius 1 is 1.25 bits per heavy atom. The summed E-state index contributed by atoms with van der Waals surface area (Å²) in [6, 6.07) is 0.619. The molecule has 114 valence electrons. The second-order valence-corrected chi connectivity index (χ2v) is 6.50. The smallest absolute Gasteiger partial charge is 0.308 e. The Labute approximate surface area is 120 Å². The van der Waals surface area contributed by atoms with Crippen LogP contribution >= 0.6 is 0 Å². The van der Waals surface area contributed by atoms with Crippen molar-refractivity contribution in [2.24, 2.45) is 5.92 Å². The van der Waals surface area contributed by atoms with Gasteiger partial charge >= 0.3 is 5.97 Å². The zero-order valence-electron chi connectivity index (χ0n) is 12.2. The molecule has 3 aliphatic heterocycles. The monoisotopic (exact) mass is 283 g/mol. The molecular weight excluding hydrogens is 258 g/mol. The van der Waals surface area contributed by atoms with Crippen LogP contribution in [0.2, 0.25) is 0 Å². The van der Waals surface area contributed by atoms with Crippen molar-refractivity contribution in [3.63, 3.8) is 0 Å². The van der Waals surface area contributed by atoms with Crippen LogP contribution in [0.5, 0.6) is 0 Å². The lowest BCUT2D eigenvalue weighted by Gasteiger charge is -2.46. The van der Waals surface area contributed by atoms with E-state index < -0.39 is 5.97 Å². The lowest BCUT2D eigenvalue weighted by molar-refractivity contribution is -0.153. The summed E-state index contributed by atoms with van der Waals surface area (Å²) in [5, 5.41) is 9.27. The minimum atomic E-state index is -0.646. The van der Waals surface area contributed by atoms with E-state index in [0.717, 1.165) is 58.5 Å². The number of likely N-dealkylation sites (tertiary alicyclic amines) is 1. The van der Waals surface area contributed by atoms with Crippen LogP contribution in [0.3, 0.4) is 0 Å². The summed E-state index contributed by atoms with van der Waals surface area (Å²) in [6.45, 7) is 5.36. The van der Waals surface area contributed by atoms with E-state index in [0.29, 0.717) is 6.04 Å².